The first-order valence-electron chi connectivity index (χ1n) is 4.88. The second-order valence-electron chi connectivity index (χ2n) is 3.33. The van der Waals surface area contributed by atoms with Crippen molar-refractivity contribution in [3.63, 3.8) is 0 Å². The van der Waals surface area contributed by atoms with E-state index < -0.39 is 22.9 Å². The zero-order chi connectivity index (χ0) is 13.5. The van der Waals surface area contributed by atoms with Crippen LogP contribution in [0.4, 0.5) is 22.0 Å². The SMILES string of the molecule is NCCCCS(=O)C/C=C/C(F)(F)C(F)(F)F. The molecule has 0 aliphatic rings. The summed E-state index contributed by atoms with van der Waals surface area (Å²) in [5.74, 6) is -4.93. The van der Waals surface area contributed by atoms with E-state index in [1.54, 1.807) is 0 Å². The van der Waals surface area contributed by atoms with Gasteiger partial charge in [0, 0.05) is 22.3 Å². The van der Waals surface area contributed by atoms with Crippen LogP contribution in [0.25, 0.3) is 0 Å². The number of allylic oxidation sites excluding steroid dienone is 1. The fraction of sp³-hybridized carbons (Fsp3) is 0.778. The second-order valence-corrected chi connectivity index (χ2v) is 4.95. The highest BCUT2D eigenvalue weighted by Crippen LogP contribution is 2.36. The van der Waals surface area contributed by atoms with Crippen LogP contribution in [0.3, 0.4) is 0 Å². The van der Waals surface area contributed by atoms with Crippen LogP contribution >= 0.6 is 0 Å². The first-order valence-corrected chi connectivity index (χ1v) is 6.37. The van der Waals surface area contributed by atoms with Crippen molar-refractivity contribution >= 4 is 10.8 Å². The highest BCUT2D eigenvalue weighted by atomic mass is 32.2. The molecule has 2 N–H and O–H groups in total. The summed E-state index contributed by atoms with van der Waals surface area (Å²) in [6, 6.07) is 0. The standard InChI is InChI=1S/C9H14F5NOS/c10-8(11,9(12,13)14)4-3-7-17(16)6-2-1-5-15/h3-4H,1-2,5-7,15H2/b4-3+. The Hall–Kier alpha value is -0.500. The molecule has 0 fully saturated rings. The summed E-state index contributed by atoms with van der Waals surface area (Å²) < 4.78 is 71.0. The van der Waals surface area contributed by atoms with Gasteiger partial charge in [-0.05, 0) is 25.5 Å². The van der Waals surface area contributed by atoms with Gasteiger partial charge in [0.25, 0.3) is 0 Å². The van der Waals surface area contributed by atoms with E-state index in [1.165, 1.54) is 0 Å². The van der Waals surface area contributed by atoms with E-state index in [-0.39, 0.29) is 17.6 Å². The van der Waals surface area contributed by atoms with Gasteiger partial charge in [0.05, 0.1) is 0 Å². The topological polar surface area (TPSA) is 43.1 Å². The first kappa shape index (κ1) is 16.5. The molecule has 0 heterocycles. The number of hydrogen-bond acceptors (Lipinski definition) is 2. The molecular formula is C9H14F5NOS. The number of alkyl halides is 5. The van der Waals surface area contributed by atoms with Crippen molar-refractivity contribution < 1.29 is 26.2 Å². The highest BCUT2D eigenvalue weighted by molar-refractivity contribution is 7.85. The van der Waals surface area contributed by atoms with Gasteiger partial charge in [-0.1, -0.05) is 6.08 Å². The maximum Gasteiger partial charge on any atom is 0.457 e. The second kappa shape index (κ2) is 7.05. The predicted octanol–water partition coefficient (Wildman–Crippen LogP) is 2.23. The lowest BCUT2D eigenvalue weighted by Crippen LogP contribution is -2.34. The molecule has 1 atom stereocenters. The van der Waals surface area contributed by atoms with Crippen LogP contribution in [0.1, 0.15) is 12.8 Å². The largest absolute Gasteiger partial charge is 0.457 e. The summed E-state index contributed by atoms with van der Waals surface area (Å²) in [7, 11) is -1.43. The molecule has 0 aromatic rings. The highest BCUT2D eigenvalue weighted by Gasteiger charge is 2.55. The average molecular weight is 279 g/mol. The average Bonchev–Trinajstić information content (AvgIpc) is 2.16. The third-order valence-electron chi connectivity index (χ3n) is 1.81. The molecule has 17 heavy (non-hydrogen) atoms. The van der Waals surface area contributed by atoms with Gasteiger partial charge in [0.2, 0.25) is 0 Å². The lowest BCUT2D eigenvalue weighted by atomic mass is 10.3. The van der Waals surface area contributed by atoms with E-state index in [2.05, 4.69) is 0 Å². The van der Waals surface area contributed by atoms with Gasteiger partial charge in [-0.2, -0.15) is 22.0 Å². The molecule has 0 saturated carbocycles. The number of unbranched alkanes of at least 4 members (excludes halogenated alkanes) is 1. The van der Waals surface area contributed by atoms with Gasteiger partial charge in [-0.25, -0.2) is 0 Å². The molecule has 0 aliphatic heterocycles. The van der Waals surface area contributed by atoms with Gasteiger partial charge < -0.3 is 5.73 Å². The molecule has 8 heteroatoms. The van der Waals surface area contributed by atoms with Crippen LogP contribution < -0.4 is 5.73 Å². The van der Waals surface area contributed by atoms with E-state index in [1.807, 2.05) is 0 Å². The zero-order valence-electron chi connectivity index (χ0n) is 8.97. The molecule has 0 bridgehead atoms. The van der Waals surface area contributed by atoms with Crippen molar-refractivity contribution in [3.8, 4) is 0 Å². The number of rotatable bonds is 7. The van der Waals surface area contributed by atoms with Gasteiger partial charge in [-0.3, -0.25) is 4.21 Å². The van der Waals surface area contributed by atoms with Gasteiger partial charge in [0.15, 0.2) is 0 Å². The van der Waals surface area contributed by atoms with Gasteiger partial charge >= 0.3 is 12.1 Å². The molecule has 0 aliphatic carbocycles. The Labute approximate surface area is 98.5 Å². The molecule has 1 unspecified atom stereocenters. The molecule has 2 nitrogen and oxygen atoms in total. The van der Waals surface area contributed by atoms with Crippen molar-refractivity contribution in [2.24, 2.45) is 5.73 Å². The Bertz CT molecular complexity index is 277. The minimum Gasteiger partial charge on any atom is -0.330 e. The molecule has 0 aromatic heterocycles. The normalized spacial score (nSPS) is 15.4. The summed E-state index contributed by atoms with van der Waals surface area (Å²) in [6.07, 6.45) is -4.05. The fourth-order valence-corrected chi connectivity index (χ4v) is 1.89. The van der Waals surface area contributed by atoms with Crippen LogP contribution in [0.15, 0.2) is 12.2 Å². The summed E-state index contributed by atoms with van der Waals surface area (Å²) in [5, 5.41) is 0. The molecule has 0 saturated heterocycles. The van der Waals surface area contributed by atoms with Crippen molar-refractivity contribution in [2.75, 3.05) is 18.1 Å². The zero-order valence-corrected chi connectivity index (χ0v) is 9.79. The summed E-state index contributed by atoms with van der Waals surface area (Å²) >= 11 is 0. The van der Waals surface area contributed by atoms with E-state index in [9.17, 15) is 26.2 Å². The fourth-order valence-electron chi connectivity index (χ4n) is 0.889. The van der Waals surface area contributed by atoms with E-state index in [0.717, 1.165) is 0 Å². The predicted molar refractivity (Wildman–Crippen MR) is 56.3 cm³/mol. The van der Waals surface area contributed by atoms with Crippen molar-refractivity contribution in [2.45, 2.75) is 24.9 Å². The Kier molecular flexibility index (Phi) is 6.84. The third-order valence-corrected chi connectivity index (χ3v) is 3.12. The quantitative estimate of drug-likeness (QED) is 0.441. The minimum atomic E-state index is -5.61. The molecule has 102 valence electrons. The maximum absolute atomic E-state index is 12.4. The van der Waals surface area contributed by atoms with Crippen molar-refractivity contribution in [1.82, 2.24) is 0 Å². The molecule has 0 rings (SSSR count). The van der Waals surface area contributed by atoms with Crippen LogP contribution in [-0.4, -0.2) is 34.4 Å². The lowest BCUT2D eigenvalue weighted by molar-refractivity contribution is -0.259. The Morgan fingerprint density at radius 3 is 2.18 bits per heavy atom. The smallest absolute Gasteiger partial charge is 0.330 e. The first-order chi connectivity index (χ1) is 7.70. The van der Waals surface area contributed by atoms with Crippen LogP contribution in [-0.2, 0) is 10.8 Å². The van der Waals surface area contributed by atoms with E-state index in [0.29, 0.717) is 25.5 Å². The number of nitrogens with two attached hydrogens (primary N) is 1. The van der Waals surface area contributed by atoms with Crippen LogP contribution in [0, 0.1) is 0 Å². The molecule has 0 amide bonds. The van der Waals surface area contributed by atoms with Gasteiger partial charge in [-0.15, -0.1) is 0 Å². The summed E-state index contributed by atoms with van der Waals surface area (Å²) in [6.45, 7) is 0.430. The van der Waals surface area contributed by atoms with Crippen LogP contribution in [0.2, 0.25) is 0 Å². The van der Waals surface area contributed by atoms with E-state index >= 15 is 0 Å². The Balaban J connectivity index is 4.06. The molecule has 0 radical (unpaired) electrons. The molecule has 0 aromatic carbocycles. The Morgan fingerprint density at radius 1 is 1.12 bits per heavy atom. The monoisotopic (exact) mass is 279 g/mol. The van der Waals surface area contributed by atoms with Crippen LogP contribution in [0.5, 0.6) is 0 Å². The number of hydrogen-bond donors (Lipinski definition) is 1. The molecule has 0 spiro atoms. The maximum atomic E-state index is 12.4. The summed E-state index contributed by atoms with van der Waals surface area (Å²) in [4.78, 5) is 0. The van der Waals surface area contributed by atoms with Crippen molar-refractivity contribution in [1.29, 1.82) is 0 Å². The summed E-state index contributed by atoms with van der Waals surface area (Å²) in [5.41, 5.74) is 5.18. The lowest BCUT2D eigenvalue weighted by Gasteiger charge is -2.15. The molecular weight excluding hydrogens is 265 g/mol. The van der Waals surface area contributed by atoms with Crippen molar-refractivity contribution in [3.05, 3.63) is 12.2 Å². The minimum absolute atomic E-state index is 0.249. The Morgan fingerprint density at radius 2 is 1.71 bits per heavy atom. The van der Waals surface area contributed by atoms with E-state index in [4.69, 9.17) is 5.73 Å². The van der Waals surface area contributed by atoms with Gasteiger partial charge in [0.1, 0.15) is 0 Å². The third kappa shape index (κ3) is 6.72. The number of halogens is 5.